The quantitative estimate of drug-likeness (QED) is 0.293. The molecule has 1 amide bonds. The summed E-state index contributed by atoms with van der Waals surface area (Å²) in [7, 11) is 0. The van der Waals surface area contributed by atoms with Crippen molar-refractivity contribution < 1.29 is 4.79 Å². The third-order valence-electron chi connectivity index (χ3n) is 8.81. The number of H-pyrrole nitrogens is 2. The Hall–Kier alpha value is -4.24. The Balaban J connectivity index is 1.03. The van der Waals surface area contributed by atoms with Crippen LogP contribution >= 0.6 is 0 Å². The minimum atomic E-state index is 0.0921. The van der Waals surface area contributed by atoms with Gasteiger partial charge in [0.1, 0.15) is 11.5 Å². The van der Waals surface area contributed by atoms with E-state index in [1.54, 1.807) is 6.20 Å². The van der Waals surface area contributed by atoms with Crippen molar-refractivity contribution in [3.8, 4) is 11.4 Å². The molecular formula is C31H34N8O. The monoisotopic (exact) mass is 534 g/mol. The van der Waals surface area contributed by atoms with Gasteiger partial charge in [-0.1, -0.05) is 30.4 Å². The van der Waals surface area contributed by atoms with E-state index in [0.29, 0.717) is 16.9 Å². The summed E-state index contributed by atoms with van der Waals surface area (Å²) in [5.41, 5.74) is 5.15. The van der Waals surface area contributed by atoms with E-state index in [1.807, 2.05) is 47.6 Å². The summed E-state index contributed by atoms with van der Waals surface area (Å²) >= 11 is 0. The summed E-state index contributed by atoms with van der Waals surface area (Å²) in [4.78, 5) is 28.1. The number of allylic oxidation sites excluding steroid dienone is 2. The Morgan fingerprint density at radius 2 is 1.93 bits per heavy atom. The lowest BCUT2D eigenvalue weighted by Crippen LogP contribution is -2.47. The summed E-state index contributed by atoms with van der Waals surface area (Å²) in [6, 6.07) is 10.1. The Bertz CT molecular complexity index is 1570. The highest BCUT2D eigenvalue weighted by atomic mass is 16.2. The average molecular weight is 535 g/mol. The van der Waals surface area contributed by atoms with Gasteiger partial charge in [-0.25, -0.2) is 9.97 Å². The van der Waals surface area contributed by atoms with Crippen molar-refractivity contribution >= 4 is 28.2 Å². The molecule has 1 unspecified atom stereocenters. The summed E-state index contributed by atoms with van der Waals surface area (Å²) in [6.07, 6.45) is 17.5. The van der Waals surface area contributed by atoms with Crippen molar-refractivity contribution in [1.29, 1.82) is 0 Å². The second-order valence-electron chi connectivity index (χ2n) is 11.3. The van der Waals surface area contributed by atoms with Gasteiger partial charge in [-0.15, -0.1) is 0 Å². The molecule has 204 valence electrons. The smallest absolute Gasteiger partial charge is 0.270 e. The number of carbonyl (C=O) groups is 1. The first kappa shape index (κ1) is 24.8. The van der Waals surface area contributed by atoms with Gasteiger partial charge in [-0.05, 0) is 74.4 Å². The lowest BCUT2D eigenvalue weighted by atomic mass is 9.71. The van der Waals surface area contributed by atoms with E-state index in [1.165, 1.54) is 18.4 Å². The first-order valence-corrected chi connectivity index (χ1v) is 14.2. The number of fused-ring (bicyclic) bond motifs is 1. The number of piperidine rings is 2. The number of hydrogen-bond acceptors (Lipinski definition) is 6. The fraction of sp³-hybridized carbons (Fsp3) is 0.355. The molecule has 2 fully saturated rings. The van der Waals surface area contributed by atoms with Crippen molar-refractivity contribution in [2.75, 3.05) is 31.5 Å². The molecule has 40 heavy (non-hydrogen) atoms. The Labute approximate surface area is 233 Å². The summed E-state index contributed by atoms with van der Waals surface area (Å²) in [6.45, 7) is 3.88. The van der Waals surface area contributed by atoms with Crippen LogP contribution in [0.2, 0.25) is 0 Å². The molecule has 1 spiro atoms. The van der Waals surface area contributed by atoms with Crippen LogP contribution in [0.5, 0.6) is 0 Å². The molecule has 0 bridgehead atoms. The maximum Gasteiger partial charge on any atom is 0.270 e. The average Bonchev–Trinajstić information content (AvgIpc) is 3.69. The Kier molecular flexibility index (Phi) is 6.43. The normalized spacial score (nSPS) is 20.6. The topological polar surface area (TPSA) is 115 Å². The highest BCUT2D eigenvalue weighted by molar-refractivity contribution is 5.98. The number of hydrogen-bond donors (Lipinski definition) is 4. The van der Waals surface area contributed by atoms with Crippen LogP contribution in [0.15, 0.2) is 67.2 Å². The van der Waals surface area contributed by atoms with Crippen molar-refractivity contribution in [3.05, 3.63) is 78.4 Å². The molecular weight excluding hydrogens is 500 g/mol. The van der Waals surface area contributed by atoms with Gasteiger partial charge in [0, 0.05) is 53.6 Å². The molecule has 2 aliphatic heterocycles. The molecule has 3 aliphatic rings. The van der Waals surface area contributed by atoms with Gasteiger partial charge in [0.05, 0.1) is 6.20 Å². The number of carbonyl (C=O) groups excluding carboxylic acids is 1. The van der Waals surface area contributed by atoms with Crippen molar-refractivity contribution in [2.24, 2.45) is 5.41 Å². The molecule has 0 saturated carbocycles. The summed E-state index contributed by atoms with van der Waals surface area (Å²) < 4.78 is 0. The van der Waals surface area contributed by atoms with E-state index in [0.717, 1.165) is 73.3 Å². The van der Waals surface area contributed by atoms with Gasteiger partial charge in [0.25, 0.3) is 5.91 Å². The molecule has 2 saturated heterocycles. The molecule has 9 nitrogen and oxygen atoms in total. The summed E-state index contributed by atoms with van der Waals surface area (Å²) in [5, 5.41) is 14.9. The third-order valence-corrected chi connectivity index (χ3v) is 8.81. The van der Waals surface area contributed by atoms with E-state index >= 15 is 0 Å². The van der Waals surface area contributed by atoms with E-state index < -0.39 is 0 Å². The van der Waals surface area contributed by atoms with Gasteiger partial charge >= 0.3 is 0 Å². The van der Waals surface area contributed by atoms with Crippen LogP contribution in [0.1, 0.15) is 48.2 Å². The molecule has 5 heterocycles. The standard InChI is InChI=1S/C31H34N8O/c40-30(39-15-10-31(11-16-39)8-13-32-14-9-31)27-17-22-1-2-23(18-26(22)37-27)29-33-12-7-28(38-29)36-25-5-3-21(4-6-25)24-19-34-35-20-24/h1-5,7,12,17-20,25,32,37H,6,8-11,13-16H2,(H,34,35)(H,33,36,38). The minimum absolute atomic E-state index is 0.0921. The molecule has 7 rings (SSSR count). The first-order chi connectivity index (χ1) is 19.6. The van der Waals surface area contributed by atoms with Crippen molar-refractivity contribution in [1.82, 2.24) is 35.4 Å². The predicted molar refractivity (Wildman–Crippen MR) is 157 cm³/mol. The van der Waals surface area contributed by atoms with Gasteiger partial charge in [-0.3, -0.25) is 9.89 Å². The molecule has 0 radical (unpaired) electrons. The summed E-state index contributed by atoms with van der Waals surface area (Å²) in [5.74, 6) is 1.51. The number of nitrogens with one attached hydrogen (secondary N) is 4. The third kappa shape index (κ3) is 4.93. The molecule has 1 atom stereocenters. The van der Waals surface area contributed by atoms with Gasteiger partial charge < -0.3 is 20.5 Å². The molecule has 1 aliphatic carbocycles. The van der Waals surface area contributed by atoms with Gasteiger partial charge in [-0.2, -0.15) is 5.10 Å². The maximum atomic E-state index is 13.4. The zero-order valence-electron chi connectivity index (χ0n) is 22.5. The number of aromatic nitrogens is 5. The lowest BCUT2D eigenvalue weighted by molar-refractivity contribution is 0.0491. The second kappa shape index (κ2) is 10.4. The lowest BCUT2D eigenvalue weighted by Gasteiger charge is -2.44. The van der Waals surface area contributed by atoms with Crippen molar-refractivity contribution in [2.45, 2.75) is 38.1 Å². The first-order valence-electron chi connectivity index (χ1n) is 14.2. The highest BCUT2D eigenvalue weighted by Gasteiger charge is 2.37. The maximum absolute atomic E-state index is 13.4. The van der Waals surface area contributed by atoms with Gasteiger partial charge in [0.2, 0.25) is 0 Å². The molecule has 3 aromatic heterocycles. The number of nitrogens with zero attached hydrogens (tertiary/aromatic N) is 4. The van der Waals surface area contributed by atoms with E-state index in [9.17, 15) is 4.79 Å². The fourth-order valence-corrected chi connectivity index (χ4v) is 6.31. The highest BCUT2D eigenvalue weighted by Crippen LogP contribution is 2.39. The largest absolute Gasteiger partial charge is 0.363 e. The SMILES string of the molecule is O=C(c1cc2ccc(-c3nccc(NC4C=CC(c5cn[nH]c5)=CC4)n3)cc2[nH]1)N1CCC2(CCNCC2)CC1. The van der Waals surface area contributed by atoms with E-state index in [-0.39, 0.29) is 11.9 Å². The Morgan fingerprint density at radius 1 is 1.05 bits per heavy atom. The van der Waals surface area contributed by atoms with Crippen LogP contribution < -0.4 is 10.6 Å². The van der Waals surface area contributed by atoms with E-state index in [4.69, 9.17) is 4.98 Å². The Morgan fingerprint density at radius 3 is 2.70 bits per heavy atom. The number of benzene rings is 1. The zero-order valence-corrected chi connectivity index (χ0v) is 22.5. The van der Waals surface area contributed by atoms with Crippen LogP contribution in [-0.4, -0.2) is 68.2 Å². The van der Waals surface area contributed by atoms with E-state index in [2.05, 4.69) is 49.0 Å². The molecule has 4 aromatic rings. The van der Waals surface area contributed by atoms with Crippen LogP contribution in [0.4, 0.5) is 5.82 Å². The van der Waals surface area contributed by atoms with Crippen LogP contribution in [0.25, 0.3) is 27.9 Å². The molecule has 9 heteroatoms. The fourth-order valence-electron chi connectivity index (χ4n) is 6.31. The number of likely N-dealkylation sites (tertiary alicyclic amines) is 1. The number of amides is 1. The number of rotatable bonds is 5. The van der Waals surface area contributed by atoms with Crippen molar-refractivity contribution in [3.63, 3.8) is 0 Å². The predicted octanol–water partition coefficient (Wildman–Crippen LogP) is 4.78. The number of anilines is 1. The molecule has 1 aromatic carbocycles. The van der Waals surface area contributed by atoms with Crippen LogP contribution in [0.3, 0.4) is 0 Å². The van der Waals surface area contributed by atoms with Crippen LogP contribution in [0, 0.1) is 5.41 Å². The number of aromatic amines is 2. The van der Waals surface area contributed by atoms with Crippen LogP contribution in [-0.2, 0) is 0 Å². The van der Waals surface area contributed by atoms with Gasteiger partial charge in [0.15, 0.2) is 5.82 Å². The minimum Gasteiger partial charge on any atom is -0.363 e. The molecule has 4 N–H and O–H groups in total. The zero-order chi connectivity index (χ0) is 26.9. The second-order valence-corrected chi connectivity index (χ2v) is 11.3.